The van der Waals surface area contributed by atoms with Gasteiger partial charge in [0.15, 0.2) is 10.8 Å². The molecule has 1 aliphatic carbocycles. The lowest BCUT2D eigenvalue weighted by Crippen LogP contribution is -2.31. The molecule has 3 aromatic rings. The van der Waals surface area contributed by atoms with Gasteiger partial charge in [-0.3, -0.25) is 4.79 Å². The average Bonchev–Trinajstić information content (AvgIpc) is 3.33. The van der Waals surface area contributed by atoms with Crippen molar-refractivity contribution in [3.05, 3.63) is 59.0 Å². The van der Waals surface area contributed by atoms with Crippen LogP contribution >= 0.6 is 11.6 Å². The highest BCUT2D eigenvalue weighted by Gasteiger charge is 2.36. The predicted octanol–water partition coefficient (Wildman–Crippen LogP) is 5.49. The van der Waals surface area contributed by atoms with Crippen LogP contribution in [0.2, 0.25) is 5.15 Å². The first-order valence-corrected chi connectivity index (χ1v) is 16.9. The Bertz CT molecular complexity index is 1540. The molecule has 3 aromatic heterocycles. The van der Waals surface area contributed by atoms with Crippen LogP contribution in [0.15, 0.2) is 47.8 Å². The highest BCUT2D eigenvalue weighted by atomic mass is 35.5. The Morgan fingerprint density at radius 3 is 2.63 bits per heavy atom. The van der Waals surface area contributed by atoms with Crippen molar-refractivity contribution >= 4 is 27.5 Å². The summed E-state index contributed by atoms with van der Waals surface area (Å²) >= 11 is 6.28. The van der Waals surface area contributed by atoms with Crippen molar-refractivity contribution < 1.29 is 17.9 Å². The Morgan fingerprint density at radius 1 is 1.14 bits per heavy atom. The van der Waals surface area contributed by atoms with Crippen LogP contribution in [0, 0.1) is 11.3 Å². The van der Waals surface area contributed by atoms with E-state index in [4.69, 9.17) is 16.3 Å². The summed E-state index contributed by atoms with van der Waals surface area (Å²) in [6, 6.07) is 7.84. The molecule has 0 spiro atoms. The summed E-state index contributed by atoms with van der Waals surface area (Å²) in [6.45, 7) is 8.44. The van der Waals surface area contributed by atoms with Crippen molar-refractivity contribution in [3.63, 3.8) is 0 Å². The summed E-state index contributed by atoms with van der Waals surface area (Å²) < 4.78 is 35.0. The maximum absolute atomic E-state index is 12.9. The first-order chi connectivity index (χ1) is 20.4. The van der Waals surface area contributed by atoms with E-state index >= 15 is 0 Å². The molecule has 10 nitrogen and oxygen atoms in total. The number of hydrogen-bond donors (Lipinski definition) is 2. The number of nitrogens with one attached hydrogen (secondary N) is 2. The zero-order chi connectivity index (χ0) is 30.7. The summed E-state index contributed by atoms with van der Waals surface area (Å²) in [5.41, 5.74) is 1.52. The van der Waals surface area contributed by atoms with Crippen molar-refractivity contribution in [2.45, 2.75) is 89.1 Å². The molecule has 2 aliphatic rings. The first kappa shape index (κ1) is 31.4. The van der Waals surface area contributed by atoms with Crippen molar-refractivity contribution in [3.8, 4) is 11.7 Å². The van der Waals surface area contributed by atoms with E-state index in [0.717, 1.165) is 43.7 Å². The van der Waals surface area contributed by atoms with Crippen LogP contribution in [0.4, 0.5) is 0 Å². The summed E-state index contributed by atoms with van der Waals surface area (Å²) in [5.74, 6) is 0.684. The smallest absolute Gasteiger partial charge is 0.281 e. The van der Waals surface area contributed by atoms with Crippen LogP contribution in [0.25, 0.3) is 5.82 Å². The fraction of sp³-hybridized carbons (Fsp3) is 0.548. The lowest BCUT2D eigenvalue weighted by atomic mass is 9.92. The molecular weight excluding hydrogens is 588 g/mol. The largest absolute Gasteiger partial charge is 0.477 e. The molecule has 0 aromatic carbocycles. The number of nitrogens with zero attached hydrogens (tertiary/aromatic N) is 4. The third kappa shape index (κ3) is 8.55. The molecule has 0 bridgehead atoms. The Hall–Kier alpha value is -3.02. The monoisotopic (exact) mass is 628 g/mol. The van der Waals surface area contributed by atoms with E-state index in [0.29, 0.717) is 23.7 Å². The van der Waals surface area contributed by atoms with E-state index in [1.807, 2.05) is 4.72 Å². The Balaban J connectivity index is 1.09. The minimum atomic E-state index is -4.20. The Kier molecular flexibility index (Phi) is 9.43. The molecule has 2 N–H and O–H groups in total. The van der Waals surface area contributed by atoms with Gasteiger partial charge in [0.2, 0.25) is 5.88 Å². The molecule has 5 rings (SSSR count). The number of ether oxygens (including phenoxy) is 1. The van der Waals surface area contributed by atoms with Gasteiger partial charge in [0, 0.05) is 24.0 Å². The summed E-state index contributed by atoms with van der Waals surface area (Å²) in [4.78, 5) is 21.2. The second-order valence-corrected chi connectivity index (χ2v) is 14.9. The van der Waals surface area contributed by atoms with Gasteiger partial charge in [-0.1, -0.05) is 37.4 Å². The molecule has 2 fully saturated rings. The van der Waals surface area contributed by atoms with Gasteiger partial charge < -0.3 is 10.1 Å². The van der Waals surface area contributed by atoms with E-state index in [2.05, 4.69) is 41.2 Å². The molecule has 1 saturated carbocycles. The molecule has 4 heterocycles. The molecule has 0 radical (unpaired) electrons. The van der Waals surface area contributed by atoms with Crippen LogP contribution in [0.1, 0.15) is 88.1 Å². The van der Waals surface area contributed by atoms with Crippen LogP contribution in [-0.2, 0) is 16.4 Å². The van der Waals surface area contributed by atoms with Gasteiger partial charge in [-0.15, -0.1) is 5.10 Å². The first-order valence-electron chi connectivity index (χ1n) is 15.0. The number of carbonyl (C=O) groups excluding carboxylic acids is 1. The molecule has 1 amide bonds. The number of amides is 1. The van der Waals surface area contributed by atoms with Crippen molar-refractivity contribution in [2.24, 2.45) is 11.3 Å². The minimum absolute atomic E-state index is 0.0798. The van der Waals surface area contributed by atoms with Gasteiger partial charge in [0.25, 0.3) is 15.9 Å². The number of hydrogen-bond acceptors (Lipinski definition) is 8. The molecule has 232 valence electrons. The third-order valence-electron chi connectivity index (χ3n) is 8.48. The number of unbranched alkanes of at least 4 members (excludes halogenated alkanes) is 2. The number of sulfonamides is 1. The van der Waals surface area contributed by atoms with Gasteiger partial charge in [-0.2, -0.15) is 8.42 Å². The third-order valence-corrected chi connectivity index (χ3v) is 10.0. The normalized spacial score (nSPS) is 18.8. The van der Waals surface area contributed by atoms with Crippen LogP contribution in [-0.4, -0.2) is 52.8 Å². The Labute approximate surface area is 259 Å². The fourth-order valence-electron chi connectivity index (χ4n) is 5.48. The van der Waals surface area contributed by atoms with Crippen LogP contribution in [0.5, 0.6) is 5.88 Å². The lowest BCUT2D eigenvalue weighted by Gasteiger charge is -2.17. The van der Waals surface area contributed by atoms with Gasteiger partial charge >= 0.3 is 0 Å². The fourth-order valence-corrected chi connectivity index (χ4v) is 6.61. The summed E-state index contributed by atoms with van der Waals surface area (Å²) in [6.07, 6.45) is 13.3. The van der Waals surface area contributed by atoms with Crippen LogP contribution in [0.3, 0.4) is 0 Å². The summed E-state index contributed by atoms with van der Waals surface area (Å²) in [7, 11) is -4.20. The predicted molar refractivity (Wildman–Crippen MR) is 165 cm³/mol. The van der Waals surface area contributed by atoms with E-state index in [1.54, 1.807) is 24.5 Å². The highest BCUT2D eigenvalue weighted by Crippen LogP contribution is 2.47. The zero-order valence-corrected chi connectivity index (χ0v) is 26.7. The number of aryl methyl sites for hydroxylation is 1. The SMILES string of the molecule is CC1(CCOc2ccn(-c3ccc(C(=O)NS(=O)(=O)c4ccc(CCCCCC5CNC(C)(C)C5)cn4)c(Cl)n3)n2)CC1. The van der Waals surface area contributed by atoms with E-state index < -0.39 is 15.9 Å². The van der Waals surface area contributed by atoms with Crippen LogP contribution < -0.4 is 14.8 Å². The zero-order valence-electron chi connectivity index (χ0n) is 25.1. The van der Waals surface area contributed by atoms with Gasteiger partial charge in [-0.05, 0) is 100 Å². The minimum Gasteiger partial charge on any atom is -0.477 e. The molecule has 12 heteroatoms. The lowest BCUT2D eigenvalue weighted by molar-refractivity contribution is 0.0981. The maximum Gasteiger partial charge on any atom is 0.281 e. The average molecular weight is 629 g/mol. The number of halogens is 1. The second-order valence-electron chi connectivity index (χ2n) is 12.9. The molecule has 1 saturated heterocycles. The van der Waals surface area contributed by atoms with Gasteiger partial charge in [-0.25, -0.2) is 19.4 Å². The topological polar surface area (TPSA) is 128 Å². The molecule has 1 unspecified atom stereocenters. The summed E-state index contributed by atoms with van der Waals surface area (Å²) in [5, 5.41) is 7.54. The molecule has 1 aliphatic heterocycles. The van der Waals surface area contributed by atoms with Crippen molar-refractivity contribution in [1.29, 1.82) is 0 Å². The second kappa shape index (κ2) is 12.9. The number of rotatable bonds is 14. The van der Waals surface area contributed by atoms with E-state index in [1.165, 1.54) is 55.0 Å². The highest BCUT2D eigenvalue weighted by molar-refractivity contribution is 7.90. The Morgan fingerprint density at radius 2 is 1.95 bits per heavy atom. The standard InChI is InChI=1S/C31H41ClN6O4S/c1-30(2)19-23(21-34-30)8-6-4-5-7-22-9-12-27(33-20-22)43(40,41)37-29(39)24-10-11-25(35-28(24)32)38-17-13-26(36-38)42-18-16-31(3)14-15-31/h9-13,17,20,23,34H,4-8,14-16,18-19,21H2,1-3H3,(H,37,39). The van der Waals surface area contributed by atoms with Crippen molar-refractivity contribution in [1.82, 2.24) is 29.8 Å². The molecule has 43 heavy (non-hydrogen) atoms. The van der Waals surface area contributed by atoms with E-state index in [9.17, 15) is 13.2 Å². The quantitative estimate of drug-likeness (QED) is 0.177. The number of carbonyl (C=O) groups is 1. The van der Waals surface area contributed by atoms with Crippen molar-refractivity contribution in [2.75, 3.05) is 13.2 Å². The van der Waals surface area contributed by atoms with Gasteiger partial charge in [0.1, 0.15) is 5.15 Å². The molecule has 1 atom stereocenters. The molecular formula is C31H41ClN6O4S. The van der Waals surface area contributed by atoms with E-state index in [-0.39, 0.29) is 21.3 Å². The maximum atomic E-state index is 12.9. The van der Waals surface area contributed by atoms with Gasteiger partial charge in [0.05, 0.1) is 12.2 Å². The number of pyridine rings is 2. The number of aromatic nitrogens is 4.